The van der Waals surface area contributed by atoms with Gasteiger partial charge in [0.1, 0.15) is 12.4 Å². The second kappa shape index (κ2) is 5.39. The second-order valence-corrected chi connectivity index (χ2v) is 4.94. The molecule has 0 radical (unpaired) electrons. The third kappa shape index (κ3) is 2.68. The van der Waals surface area contributed by atoms with Gasteiger partial charge in [-0.3, -0.25) is 4.98 Å². The number of fused-ring (bicyclic) bond motifs is 1. The molecule has 0 amide bonds. The first-order chi connectivity index (χ1) is 9.72. The van der Waals surface area contributed by atoms with Crippen LogP contribution in [0.25, 0.3) is 10.9 Å². The molecule has 0 bridgehead atoms. The molecule has 0 aliphatic heterocycles. The average Bonchev–Trinajstić information content (AvgIpc) is 2.46. The molecule has 0 aliphatic rings. The van der Waals surface area contributed by atoms with Gasteiger partial charge < -0.3 is 10.5 Å². The van der Waals surface area contributed by atoms with E-state index in [4.69, 9.17) is 22.1 Å². The molecule has 0 atom stereocenters. The summed E-state index contributed by atoms with van der Waals surface area (Å²) in [5.74, 6) is 0.640. The van der Waals surface area contributed by atoms with E-state index in [1.807, 2.05) is 24.3 Å². The standard InChI is InChI=1S/C16H13ClN2O/c17-13-4-6-16(14(18)9-13)20-10-11-3-5-15-12(8-11)2-1-7-19-15/h1-9H,10,18H2. The molecule has 0 unspecified atom stereocenters. The minimum Gasteiger partial charge on any atom is -0.487 e. The van der Waals surface area contributed by atoms with Crippen LogP contribution in [-0.4, -0.2) is 4.98 Å². The molecule has 2 aromatic carbocycles. The van der Waals surface area contributed by atoms with Gasteiger partial charge in [0.2, 0.25) is 0 Å². The molecule has 3 nitrogen and oxygen atoms in total. The molecule has 0 aliphatic carbocycles. The predicted octanol–water partition coefficient (Wildman–Crippen LogP) is 4.05. The molecule has 0 spiro atoms. The van der Waals surface area contributed by atoms with Crippen molar-refractivity contribution in [2.24, 2.45) is 0 Å². The van der Waals surface area contributed by atoms with Crippen molar-refractivity contribution in [2.45, 2.75) is 6.61 Å². The first kappa shape index (κ1) is 12.8. The highest BCUT2D eigenvalue weighted by molar-refractivity contribution is 6.30. The fourth-order valence-electron chi connectivity index (χ4n) is 2.03. The Kier molecular flexibility index (Phi) is 3.44. The van der Waals surface area contributed by atoms with Crippen LogP contribution in [0.5, 0.6) is 5.75 Å². The molecule has 20 heavy (non-hydrogen) atoms. The highest BCUT2D eigenvalue weighted by atomic mass is 35.5. The van der Waals surface area contributed by atoms with Crippen molar-refractivity contribution >= 4 is 28.2 Å². The summed E-state index contributed by atoms with van der Waals surface area (Å²) < 4.78 is 5.72. The van der Waals surface area contributed by atoms with Gasteiger partial charge in [0, 0.05) is 16.6 Å². The molecule has 0 saturated heterocycles. The molecular formula is C16H13ClN2O. The van der Waals surface area contributed by atoms with Crippen LogP contribution in [0.15, 0.2) is 54.7 Å². The molecule has 1 heterocycles. The van der Waals surface area contributed by atoms with Crippen LogP contribution in [0.1, 0.15) is 5.56 Å². The van der Waals surface area contributed by atoms with Crippen LogP contribution < -0.4 is 10.5 Å². The van der Waals surface area contributed by atoms with Crippen molar-refractivity contribution in [1.82, 2.24) is 4.98 Å². The summed E-state index contributed by atoms with van der Waals surface area (Å²) in [7, 11) is 0. The van der Waals surface area contributed by atoms with Gasteiger partial charge in [-0.2, -0.15) is 0 Å². The molecule has 4 heteroatoms. The van der Waals surface area contributed by atoms with E-state index in [9.17, 15) is 0 Å². The molecule has 3 aromatic rings. The van der Waals surface area contributed by atoms with E-state index in [-0.39, 0.29) is 0 Å². The number of rotatable bonds is 3. The van der Waals surface area contributed by atoms with E-state index in [0.717, 1.165) is 16.5 Å². The predicted molar refractivity (Wildman–Crippen MR) is 81.9 cm³/mol. The molecular weight excluding hydrogens is 272 g/mol. The summed E-state index contributed by atoms with van der Waals surface area (Å²) in [5.41, 5.74) is 8.44. The second-order valence-electron chi connectivity index (χ2n) is 4.50. The third-order valence-electron chi connectivity index (χ3n) is 3.03. The van der Waals surface area contributed by atoms with Crippen molar-refractivity contribution in [1.29, 1.82) is 0 Å². The number of halogens is 1. The van der Waals surface area contributed by atoms with E-state index in [1.165, 1.54) is 0 Å². The minimum absolute atomic E-state index is 0.455. The number of ether oxygens (including phenoxy) is 1. The quantitative estimate of drug-likeness (QED) is 0.738. The number of nitrogen functional groups attached to an aromatic ring is 1. The maximum absolute atomic E-state index is 5.86. The summed E-state index contributed by atoms with van der Waals surface area (Å²) in [5, 5.41) is 1.70. The summed E-state index contributed by atoms with van der Waals surface area (Å²) in [6, 6.07) is 15.2. The Morgan fingerprint density at radius 3 is 2.85 bits per heavy atom. The zero-order valence-corrected chi connectivity index (χ0v) is 11.5. The summed E-state index contributed by atoms with van der Waals surface area (Å²) >= 11 is 5.86. The minimum atomic E-state index is 0.455. The Hall–Kier alpha value is -2.26. The van der Waals surface area contributed by atoms with Gasteiger partial charge in [0.05, 0.1) is 11.2 Å². The van der Waals surface area contributed by atoms with Crippen LogP contribution in [0, 0.1) is 0 Å². The normalized spacial score (nSPS) is 10.7. The molecule has 1 aromatic heterocycles. The summed E-state index contributed by atoms with van der Waals surface area (Å²) in [6.45, 7) is 0.455. The molecule has 3 rings (SSSR count). The highest BCUT2D eigenvalue weighted by Crippen LogP contribution is 2.26. The lowest BCUT2D eigenvalue weighted by molar-refractivity contribution is 0.308. The number of aromatic nitrogens is 1. The first-order valence-electron chi connectivity index (χ1n) is 6.24. The Bertz CT molecular complexity index is 758. The van der Waals surface area contributed by atoms with Gasteiger partial charge >= 0.3 is 0 Å². The Morgan fingerprint density at radius 2 is 2.00 bits per heavy atom. The van der Waals surface area contributed by atoms with Crippen molar-refractivity contribution in [2.75, 3.05) is 5.73 Å². The number of hydrogen-bond donors (Lipinski definition) is 1. The number of hydrogen-bond acceptors (Lipinski definition) is 3. The van der Waals surface area contributed by atoms with Gasteiger partial charge in [-0.15, -0.1) is 0 Å². The fourth-order valence-corrected chi connectivity index (χ4v) is 2.21. The largest absolute Gasteiger partial charge is 0.487 e. The van der Waals surface area contributed by atoms with Crippen LogP contribution in [0.3, 0.4) is 0 Å². The molecule has 0 saturated carbocycles. The van der Waals surface area contributed by atoms with Crippen LogP contribution >= 0.6 is 11.6 Å². The topological polar surface area (TPSA) is 48.1 Å². The maximum atomic E-state index is 5.86. The van der Waals surface area contributed by atoms with Gasteiger partial charge in [-0.05, 0) is 42.0 Å². The van der Waals surface area contributed by atoms with E-state index in [1.54, 1.807) is 24.4 Å². The van der Waals surface area contributed by atoms with E-state index in [0.29, 0.717) is 23.1 Å². The van der Waals surface area contributed by atoms with Crippen LogP contribution in [0.4, 0.5) is 5.69 Å². The zero-order valence-electron chi connectivity index (χ0n) is 10.7. The van der Waals surface area contributed by atoms with Gasteiger partial charge in [-0.25, -0.2) is 0 Å². The monoisotopic (exact) mass is 284 g/mol. The average molecular weight is 285 g/mol. The lowest BCUT2D eigenvalue weighted by atomic mass is 10.1. The molecule has 2 N–H and O–H groups in total. The lowest BCUT2D eigenvalue weighted by Gasteiger charge is -2.09. The Labute approximate surface area is 122 Å². The number of pyridine rings is 1. The van der Waals surface area contributed by atoms with Crippen molar-refractivity contribution in [3.8, 4) is 5.75 Å². The van der Waals surface area contributed by atoms with Gasteiger partial charge in [-0.1, -0.05) is 23.7 Å². The Balaban J connectivity index is 1.79. The fraction of sp³-hybridized carbons (Fsp3) is 0.0625. The summed E-state index contributed by atoms with van der Waals surface area (Å²) in [6.07, 6.45) is 1.78. The van der Waals surface area contributed by atoms with Crippen molar-refractivity contribution < 1.29 is 4.74 Å². The van der Waals surface area contributed by atoms with Crippen LogP contribution in [-0.2, 0) is 6.61 Å². The zero-order chi connectivity index (χ0) is 13.9. The van der Waals surface area contributed by atoms with E-state index < -0.39 is 0 Å². The highest BCUT2D eigenvalue weighted by Gasteiger charge is 2.03. The van der Waals surface area contributed by atoms with Crippen molar-refractivity contribution in [3.63, 3.8) is 0 Å². The Morgan fingerprint density at radius 1 is 1.10 bits per heavy atom. The van der Waals surface area contributed by atoms with Gasteiger partial charge in [0.25, 0.3) is 0 Å². The van der Waals surface area contributed by atoms with Crippen LogP contribution in [0.2, 0.25) is 5.02 Å². The molecule has 0 fully saturated rings. The lowest BCUT2D eigenvalue weighted by Crippen LogP contribution is -1.98. The number of anilines is 1. The SMILES string of the molecule is Nc1cc(Cl)ccc1OCc1ccc2ncccc2c1. The van der Waals surface area contributed by atoms with Crippen molar-refractivity contribution in [3.05, 3.63) is 65.3 Å². The van der Waals surface area contributed by atoms with E-state index in [2.05, 4.69) is 11.1 Å². The number of benzene rings is 2. The summed E-state index contributed by atoms with van der Waals surface area (Å²) in [4.78, 5) is 4.29. The molecule has 100 valence electrons. The smallest absolute Gasteiger partial charge is 0.142 e. The first-order valence-corrected chi connectivity index (χ1v) is 6.62. The third-order valence-corrected chi connectivity index (χ3v) is 3.27. The van der Waals surface area contributed by atoms with Gasteiger partial charge in [0.15, 0.2) is 0 Å². The van der Waals surface area contributed by atoms with E-state index >= 15 is 0 Å². The number of nitrogens with zero attached hydrogens (tertiary/aromatic N) is 1. The maximum Gasteiger partial charge on any atom is 0.142 e. The number of nitrogens with two attached hydrogens (primary N) is 1.